The van der Waals surface area contributed by atoms with E-state index >= 15 is 0 Å². The van der Waals surface area contributed by atoms with Crippen molar-refractivity contribution in [3.63, 3.8) is 0 Å². The molecule has 6 nitrogen and oxygen atoms in total. The van der Waals surface area contributed by atoms with Crippen LogP contribution in [0.5, 0.6) is 34.5 Å². The van der Waals surface area contributed by atoms with E-state index in [0.717, 1.165) is 22.6 Å². The van der Waals surface area contributed by atoms with Gasteiger partial charge in [-0.25, -0.2) is 0 Å². The maximum absolute atomic E-state index is 10.7. The van der Waals surface area contributed by atoms with Crippen molar-refractivity contribution >= 4 is 0 Å². The third kappa shape index (κ3) is 5.66. The molecule has 0 amide bonds. The predicted molar refractivity (Wildman–Crippen MR) is 139 cm³/mol. The molecule has 0 fully saturated rings. The van der Waals surface area contributed by atoms with E-state index in [9.17, 15) is 20.4 Å². The normalized spacial score (nSPS) is 10.8. The third-order valence-electron chi connectivity index (χ3n) is 6.37. The molecular weight excluding hydrogens is 456 g/mol. The average Bonchev–Trinajstić information content (AvgIpc) is 2.90. The van der Waals surface area contributed by atoms with Crippen LogP contribution in [0.2, 0.25) is 0 Å². The fourth-order valence-corrected chi connectivity index (χ4v) is 4.21. The fraction of sp³-hybridized carbons (Fsp3) is 0.200. The molecule has 186 valence electrons. The first-order valence-corrected chi connectivity index (χ1v) is 11.7. The molecule has 4 aromatic carbocycles. The number of hydrogen-bond acceptors (Lipinski definition) is 6. The van der Waals surface area contributed by atoms with Gasteiger partial charge in [0.1, 0.15) is 34.5 Å². The van der Waals surface area contributed by atoms with Crippen molar-refractivity contribution in [3.8, 4) is 45.6 Å². The molecule has 36 heavy (non-hydrogen) atoms. The van der Waals surface area contributed by atoms with Crippen molar-refractivity contribution in [2.45, 2.75) is 25.7 Å². The fourth-order valence-electron chi connectivity index (χ4n) is 4.21. The van der Waals surface area contributed by atoms with E-state index in [4.69, 9.17) is 9.47 Å². The minimum absolute atomic E-state index is 0.0128. The van der Waals surface area contributed by atoms with Gasteiger partial charge in [0.2, 0.25) is 0 Å². The molecule has 4 rings (SSSR count). The molecule has 0 saturated heterocycles. The summed E-state index contributed by atoms with van der Waals surface area (Å²) >= 11 is 0. The summed E-state index contributed by atoms with van der Waals surface area (Å²) in [5.74, 6) is 1.41. The first kappa shape index (κ1) is 24.8. The summed E-state index contributed by atoms with van der Waals surface area (Å²) < 4.78 is 10.3. The zero-order valence-corrected chi connectivity index (χ0v) is 20.4. The van der Waals surface area contributed by atoms with Gasteiger partial charge < -0.3 is 29.9 Å². The molecule has 0 bridgehead atoms. The van der Waals surface area contributed by atoms with Crippen LogP contribution < -0.4 is 9.47 Å². The molecule has 0 saturated carbocycles. The highest BCUT2D eigenvalue weighted by molar-refractivity contribution is 5.79. The Morgan fingerprint density at radius 3 is 1.17 bits per heavy atom. The van der Waals surface area contributed by atoms with Crippen LogP contribution in [0.25, 0.3) is 11.1 Å². The standard InChI is InChI=1S/C30H30O6/c1-35-23-11-5-19(6-12-23)3-9-21-15-29(33)25(17-27(21)31)26-18-28(32)22(16-30(26)34)10-4-20-7-13-24(36-2)14-8-20/h5-8,11-18,31-34H,3-4,9-10H2,1-2H3. The van der Waals surface area contributed by atoms with E-state index < -0.39 is 0 Å². The molecule has 4 N–H and O–H groups in total. The number of aromatic hydroxyl groups is 4. The molecule has 0 heterocycles. The van der Waals surface area contributed by atoms with E-state index in [1.165, 1.54) is 24.3 Å². The smallest absolute Gasteiger partial charge is 0.124 e. The molecule has 6 heteroatoms. The number of phenolic OH excluding ortho intramolecular Hbond substituents is 4. The summed E-state index contributed by atoms with van der Waals surface area (Å²) in [6.45, 7) is 0. The molecule has 0 radical (unpaired) electrons. The van der Waals surface area contributed by atoms with Crippen LogP contribution in [0.15, 0.2) is 72.8 Å². The van der Waals surface area contributed by atoms with Crippen molar-refractivity contribution in [2.24, 2.45) is 0 Å². The lowest BCUT2D eigenvalue weighted by Crippen LogP contribution is -1.95. The molecule has 0 aliphatic heterocycles. The monoisotopic (exact) mass is 486 g/mol. The Bertz CT molecular complexity index is 1220. The van der Waals surface area contributed by atoms with Crippen LogP contribution in [0, 0.1) is 0 Å². The van der Waals surface area contributed by atoms with E-state index in [1.54, 1.807) is 14.2 Å². The lowest BCUT2D eigenvalue weighted by atomic mass is 9.95. The highest BCUT2D eigenvalue weighted by Gasteiger charge is 2.17. The first-order valence-electron chi connectivity index (χ1n) is 11.7. The Balaban J connectivity index is 1.49. The maximum Gasteiger partial charge on any atom is 0.124 e. The van der Waals surface area contributed by atoms with Crippen LogP contribution in [0.4, 0.5) is 0 Å². The second-order valence-electron chi connectivity index (χ2n) is 8.69. The number of hydrogen-bond donors (Lipinski definition) is 4. The van der Waals surface area contributed by atoms with E-state index in [1.807, 2.05) is 48.5 Å². The van der Waals surface area contributed by atoms with Crippen LogP contribution in [0.1, 0.15) is 22.3 Å². The minimum atomic E-state index is -0.0850. The topological polar surface area (TPSA) is 99.4 Å². The molecule has 0 aliphatic carbocycles. The Morgan fingerprint density at radius 1 is 0.472 bits per heavy atom. The van der Waals surface area contributed by atoms with Gasteiger partial charge >= 0.3 is 0 Å². The summed E-state index contributed by atoms with van der Waals surface area (Å²) in [5.41, 5.74) is 3.82. The van der Waals surface area contributed by atoms with Gasteiger partial charge in [0, 0.05) is 11.1 Å². The zero-order chi connectivity index (χ0) is 25.7. The largest absolute Gasteiger partial charge is 0.508 e. The van der Waals surface area contributed by atoms with Crippen molar-refractivity contribution in [3.05, 3.63) is 95.1 Å². The van der Waals surface area contributed by atoms with Crippen LogP contribution in [0.3, 0.4) is 0 Å². The number of ether oxygens (including phenoxy) is 2. The SMILES string of the molecule is COc1ccc(CCc2cc(O)c(-c3cc(O)c(CCc4ccc(OC)cc4)cc3O)cc2O)cc1. The predicted octanol–water partition coefficient (Wildman–Crippen LogP) is 5.76. The summed E-state index contributed by atoms with van der Waals surface area (Å²) in [5, 5.41) is 42.6. The van der Waals surface area contributed by atoms with E-state index in [-0.39, 0.29) is 34.1 Å². The zero-order valence-electron chi connectivity index (χ0n) is 20.4. The van der Waals surface area contributed by atoms with Gasteiger partial charge in [-0.05, 0) is 96.5 Å². The summed E-state index contributed by atoms with van der Waals surface area (Å²) in [6.07, 6.45) is 2.39. The third-order valence-corrected chi connectivity index (χ3v) is 6.37. The molecule has 0 unspecified atom stereocenters. The minimum Gasteiger partial charge on any atom is -0.508 e. The number of phenols is 4. The van der Waals surface area contributed by atoms with Gasteiger partial charge in [0.15, 0.2) is 0 Å². The van der Waals surface area contributed by atoms with Gasteiger partial charge in [0.05, 0.1) is 14.2 Å². The first-order chi connectivity index (χ1) is 17.4. The van der Waals surface area contributed by atoms with Crippen LogP contribution >= 0.6 is 0 Å². The van der Waals surface area contributed by atoms with Gasteiger partial charge in [-0.1, -0.05) is 24.3 Å². The Labute approximate surface area is 210 Å². The highest BCUT2D eigenvalue weighted by Crippen LogP contribution is 2.42. The molecular formula is C30H30O6. The van der Waals surface area contributed by atoms with Crippen LogP contribution in [-0.4, -0.2) is 34.6 Å². The quantitative estimate of drug-likeness (QED) is 0.224. The van der Waals surface area contributed by atoms with Gasteiger partial charge in [-0.2, -0.15) is 0 Å². The Morgan fingerprint density at radius 2 is 0.833 bits per heavy atom. The molecule has 0 spiro atoms. The molecule has 0 aromatic heterocycles. The second-order valence-corrected chi connectivity index (χ2v) is 8.69. The van der Waals surface area contributed by atoms with Crippen molar-refractivity contribution in [1.82, 2.24) is 0 Å². The molecule has 4 aromatic rings. The summed E-state index contributed by atoms with van der Waals surface area (Å²) in [7, 11) is 3.23. The Hall–Kier alpha value is -4.32. The van der Waals surface area contributed by atoms with Gasteiger partial charge in [-0.3, -0.25) is 0 Å². The van der Waals surface area contributed by atoms with Crippen LogP contribution in [-0.2, 0) is 25.7 Å². The molecule has 0 aliphatic rings. The molecule has 0 atom stereocenters. The van der Waals surface area contributed by atoms with E-state index in [0.29, 0.717) is 36.8 Å². The van der Waals surface area contributed by atoms with Crippen molar-refractivity contribution in [2.75, 3.05) is 14.2 Å². The van der Waals surface area contributed by atoms with Crippen molar-refractivity contribution in [1.29, 1.82) is 0 Å². The van der Waals surface area contributed by atoms with Gasteiger partial charge in [0.25, 0.3) is 0 Å². The lowest BCUT2D eigenvalue weighted by molar-refractivity contribution is 0.414. The van der Waals surface area contributed by atoms with Gasteiger partial charge in [-0.15, -0.1) is 0 Å². The lowest BCUT2D eigenvalue weighted by Gasteiger charge is -2.14. The number of aryl methyl sites for hydroxylation is 4. The number of rotatable bonds is 9. The average molecular weight is 487 g/mol. The highest BCUT2D eigenvalue weighted by atomic mass is 16.5. The number of methoxy groups -OCH3 is 2. The maximum atomic E-state index is 10.7. The van der Waals surface area contributed by atoms with E-state index in [2.05, 4.69) is 0 Å². The van der Waals surface area contributed by atoms with Crippen molar-refractivity contribution < 1.29 is 29.9 Å². The second kappa shape index (κ2) is 11.0. The summed E-state index contributed by atoms with van der Waals surface area (Å²) in [4.78, 5) is 0. The Kier molecular flexibility index (Phi) is 7.54. The summed E-state index contributed by atoms with van der Waals surface area (Å²) in [6, 6.07) is 21.2. The number of benzene rings is 4.